The van der Waals surface area contributed by atoms with Crippen LogP contribution in [-0.4, -0.2) is 81.4 Å². The van der Waals surface area contributed by atoms with E-state index in [2.05, 4.69) is 0 Å². The van der Waals surface area contributed by atoms with Gasteiger partial charge in [0.1, 0.15) is 60.5 Å². The molecule has 2 aromatic rings. The van der Waals surface area contributed by atoms with Gasteiger partial charge in [-0.1, -0.05) is 0 Å². The first-order valence-corrected chi connectivity index (χ1v) is 10.9. The fourth-order valence-corrected chi connectivity index (χ4v) is 4.07. The van der Waals surface area contributed by atoms with Crippen LogP contribution in [0.5, 0.6) is 5.75 Å². The van der Waals surface area contributed by atoms with Gasteiger partial charge in [0, 0.05) is 23.9 Å². The van der Waals surface area contributed by atoms with Crippen molar-refractivity contribution in [1.29, 1.82) is 0 Å². The van der Waals surface area contributed by atoms with E-state index in [1.165, 1.54) is 6.07 Å². The minimum atomic E-state index is -1.68. The summed E-state index contributed by atoms with van der Waals surface area (Å²) >= 11 is 0. The fourth-order valence-electron chi connectivity index (χ4n) is 4.07. The zero-order valence-corrected chi connectivity index (χ0v) is 18.9. The molecule has 2 aliphatic heterocycles. The van der Waals surface area contributed by atoms with Crippen molar-refractivity contribution in [2.24, 2.45) is 0 Å². The van der Waals surface area contributed by atoms with Gasteiger partial charge in [0.15, 0.2) is 6.29 Å². The highest BCUT2D eigenvalue weighted by Gasteiger charge is 2.48. The second-order valence-electron chi connectivity index (χ2n) is 9.05. The largest absolute Gasteiger partial charge is 0.487 e. The van der Waals surface area contributed by atoms with Crippen molar-refractivity contribution < 1.29 is 53.4 Å². The predicted molar refractivity (Wildman–Crippen MR) is 116 cm³/mol. The molecule has 0 saturated carbocycles. The van der Waals surface area contributed by atoms with E-state index in [4.69, 9.17) is 28.5 Å². The number of ether oxygens (including phenoxy) is 4. The van der Waals surface area contributed by atoms with Crippen molar-refractivity contribution in [3.8, 4) is 5.75 Å². The van der Waals surface area contributed by atoms with Crippen LogP contribution in [0.25, 0.3) is 11.0 Å². The monoisotopic (exact) mass is 494 g/mol. The number of aliphatic hydroxyl groups excluding tert-OH is 3. The van der Waals surface area contributed by atoms with Gasteiger partial charge in [-0.05, 0) is 31.5 Å². The summed E-state index contributed by atoms with van der Waals surface area (Å²) in [4.78, 5) is 33.6. The van der Waals surface area contributed by atoms with Crippen LogP contribution in [-0.2, 0) is 30.2 Å². The number of fused-ring (bicyclic) bond motifs is 2. The van der Waals surface area contributed by atoms with Gasteiger partial charge in [-0.2, -0.15) is 0 Å². The van der Waals surface area contributed by atoms with E-state index in [-0.39, 0.29) is 0 Å². The number of rotatable bonds is 7. The number of carboxylic acids is 1. The number of benzene rings is 1. The average Bonchev–Trinajstić information content (AvgIpc) is 3.20. The summed E-state index contributed by atoms with van der Waals surface area (Å²) in [7, 11) is 0. The molecule has 6 atom stereocenters. The molecular weight excluding hydrogens is 468 g/mol. The van der Waals surface area contributed by atoms with E-state index in [0.717, 1.165) is 10.9 Å². The lowest BCUT2D eigenvalue weighted by molar-refractivity contribution is -0.329. The highest BCUT2D eigenvalue weighted by atomic mass is 16.7. The smallest absolute Gasteiger partial charge is 0.336 e. The minimum absolute atomic E-state index is 0.374. The van der Waals surface area contributed by atoms with Gasteiger partial charge in [-0.3, -0.25) is 9.59 Å². The van der Waals surface area contributed by atoms with Gasteiger partial charge < -0.3 is 43.8 Å². The molecule has 4 rings (SSSR count). The molecule has 12 heteroatoms. The molecule has 190 valence electrons. The molecule has 0 spiro atoms. The number of hydrogen-bond donors (Lipinski definition) is 4. The molecule has 1 aromatic heterocycles. The highest BCUT2D eigenvalue weighted by molar-refractivity contribution is 5.90. The third kappa shape index (κ3) is 5.31. The number of aliphatic carboxylic acids is 1. The summed E-state index contributed by atoms with van der Waals surface area (Å²) in [5.74, 6) is -1.92. The molecule has 0 bridgehead atoms. The average molecular weight is 494 g/mol. The summed E-state index contributed by atoms with van der Waals surface area (Å²) in [5.41, 5.74) is -0.330. The number of carbonyl (C=O) groups is 2. The minimum Gasteiger partial charge on any atom is -0.487 e. The number of esters is 1. The zero-order chi connectivity index (χ0) is 25.5. The molecule has 1 fully saturated rings. The Morgan fingerprint density at radius 2 is 1.86 bits per heavy atom. The lowest BCUT2D eigenvalue weighted by Gasteiger charge is -2.43. The van der Waals surface area contributed by atoms with Gasteiger partial charge in [0.2, 0.25) is 0 Å². The van der Waals surface area contributed by atoms with Crippen LogP contribution in [0.15, 0.2) is 33.5 Å². The maximum absolute atomic E-state index is 11.5. The Hall–Kier alpha value is -3.03. The van der Waals surface area contributed by atoms with Crippen molar-refractivity contribution in [2.45, 2.75) is 69.1 Å². The SMILES string of the molecule is CC(C)(O[C@H]1O[C@@H](COC(=O)CC(=O)O)[C@@H](O)[C@@H](O)[C@H]1O)[C@@H]1Cc2cc3ccc(=O)oc3cc2O1. The zero-order valence-electron chi connectivity index (χ0n) is 18.9. The van der Waals surface area contributed by atoms with Crippen molar-refractivity contribution in [3.63, 3.8) is 0 Å². The molecule has 2 aliphatic rings. The Balaban J connectivity index is 1.45. The molecule has 12 nitrogen and oxygen atoms in total. The Morgan fingerprint density at radius 1 is 1.11 bits per heavy atom. The van der Waals surface area contributed by atoms with Crippen LogP contribution in [0.3, 0.4) is 0 Å². The van der Waals surface area contributed by atoms with Crippen LogP contribution < -0.4 is 10.4 Å². The van der Waals surface area contributed by atoms with Crippen molar-refractivity contribution in [1.82, 2.24) is 0 Å². The van der Waals surface area contributed by atoms with E-state index in [9.17, 15) is 29.7 Å². The number of hydrogen-bond acceptors (Lipinski definition) is 11. The first kappa shape index (κ1) is 25.1. The Bertz CT molecular complexity index is 1170. The summed E-state index contributed by atoms with van der Waals surface area (Å²) in [6, 6.07) is 6.44. The fraction of sp³-hybridized carbons (Fsp3) is 0.522. The molecule has 4 N–H and O–H groups in total. The summed E-state index contributed by atoms with van der Waals surface area (Å²) in [5, 5.41) is 40.3. The van der Waals surface area contributed by atoms with Crippen LogP contribution in [0.1, 0.15) is 25.8 Å². The van der Waals surface area contributed by atoms with Gasteiger partial charge in [0.25, 0.3) is 0 Å². The third-order valence-corrected chi connectivity index (χ3v) is 6.04. The lowest BCUT2D eigenvalue weighted by Crippen LogP contribution is -2.61. The first-order valence-electron chi connectivity index (χ1n) is 10.9. The molecule has 0 aliphatic carbocycles. The van der Waals surface area contributed by atoms with E-state index in [0.29, 0.717) is 17.8 Å². The Morgan fingerprint density at radius 3 is 2.57 bits per heavy atom. The van der Waals surface area contributed by atoms with Crippen molar-refractivity contribution in [2.75, 3.05) is 6.61 Å². The molecule has 0 radical (unpaired) electrons. The van der Waals surface area contributed by atoms with E-state index in [1.54, 1.807) is 26.0 Å². The maximum atomic E-state index is 11.5. The standard InChI is InChI=1S/C23H26O12/c1-23(2,15-6-11-5-10-3-4-17(26)33-12(10)7-13(11)32-15)35-22-21(30)20(29)19(28)14(34-22)9-31-18(27)8-16(24)25/h3-5,7,14-15,19-22,28-30H,6,8-9H2,1-2H3,(H,24,25)/t14-,15-,19+,20+,21+,22+/m0/s1. The number of carboxylic acid groups (broad SMARTS) is 1. The number of aliphatic hydroxyl groups is 3. The highest BCUT2D eigenvalue weighted by Crippen LogP contribution is 2.38. The van der Waals surface area contributed by atoms with Crippen molar-refractivity contribution in [3.05, 3.63) is 40.2 Å². The summed E-state index contributed by atoms with van der Waals surface area (Å²) in [6.07, 6.45) is -8.61. The second-order valence-corrected chi connectivity index (χ2v) is 9.05. The van der Waals surface area contributed by atoms with Gasteiger partial charge in [-0.15, -0.1) is 0 Å². The normalized spacial score (nSPS) is 28.4. The number of carbonyl (C=O) groups excluding carboxylic acids is 1. The topological polar surface area (TPSA) is 182 Å². The van der Waals surface area contributed by atoms with E-state index in [1.807, 2.05) is 6.07 Å². The molecule has 1 saturated heterocycles. The summed E-state index contributed by atoms with van der Waals surface area (Å²) in [6.45, 7) is 2.83. The van der Waals surface area contributed by atoms with Crippen molar-refractivity contribution >= 4 is 22.9 Å². The molecule has 0 amide bonds. The van der Waals surface area contributed by atoms with Crippen LogP contribution in [0.4, 0.5) is 0 Å². The van der Waals surface area contributed by atoms with Crippen LogP contribution >= 0.6 is 0 Å². The van der Waals surface area contributed by atoms with Crippen LogP contribution in [0.2, 0.25) is 0 Å². The summed E-state index contributed by atoms with van der Waals surface area (Å²) < 4.78 is 27.6. The Labute approximate surface area is 198 Å². The van der Waals surface area contributed by atoms with E-state index >= 15 is 0 Å². The predicted octanol–water partition coefficient (Wildman–Crippen LogP) is -0.283. The Kier molecular flexibility index (Phi) is 6.84. The van der Waals surface area contributed by atoms with E-state index < -0.39 is 73.0 Å². The first-order chi connectivity index (χ1) is 16.4. The molecule has 35 heavy (non-hydrogen) atoms. The lowest BCUT2D eigenvalue weighted by atomic mass is 9.95. The van der Waals surface area contributed by atoms with Gasteiger partial charge >= 0.3 is 17.6 Å². The van der Waals surface area contributed by atoms with Crippen LogP contribution in [0, 0.1) is 0 Å². The second kappa shape index (κ2) is 9.55. The molecule has 0 unspecified atom stereocenters. The molecule has 3 heterocycles. The van der Waals surface area contributed by atoms with Gasteiger partial charge in [-0.25, -0.2) is 4.79 Å². The maximum Gasteiger partial charge on any atom is 0.336 e. The molecule has 1 aromatic carbocycles. The van der Waals surface area contributed by atoms with Gasteiger partial charge in [0.05, 0.1) is 0 Å². The molecular formula is C23H26O12. The third-order valence-electron chi connectivity index (χ3n) is 6.04. The quantitative estimate of drug-likeness (QED) is 0.225.